The van der Waals surface area contributed by atoms with Gasteiger partial charge in [0.2, 0.25) is 0 Å². The van der Waals surface area contributed by atoms with E-state index in [-0.39, 0.29) is 12.4 Å². The summed E-state index contributed by atoms with van der Waals surface area (Å²) in [5.41, 5.74) is 2.69. The summed E-state index contributed by atoms with van der Waals surface area (Å²) < 4.78 is 5.29. The van der Waals surface area contributed by atoms with Gasteiger partial charge in [-0.3, -0.25) is 0 Å². The molecule has 0 saturated heterocycles. The van der Waals surface area contributed by atoms with E-state index in [1.165, 1.54) is 17.5 Å². The fourth-order valence-electron chi connectivity index (χ4n) is 1.65. The van der Waals surface area contributed by atoms with Crippen molar-refractivity contribution >= 4 is 12.4 Å². The topological polar surface area (TPSA) is 21.3 Å². The molecule has 1 N–H and O–H groups in total. The molecule has 0 atom stereocenters. The molecule has 1 rings (SSSR count). The average molecular weight is 258 g/mol. The molecule has 0 aliphatic heterocycles. The molecule has 2 nitrogen and oxygen atoms in total. The van der Waals surface area contributed by atoms with E-state index in [0.717, 1.165) is 32.7 Å². The van der Waals surface area contributed by atoms with Crippen molar-refractivity contribution in [2.24, 2.45) is 0 Å². The maximum Gasteiger partial charge on any atom is 0.0466 e. The van der Waals surface area contributed by atoms with Crippen LogP contribution in [-0.4, -0.2) is 19.8 Å². The van der Waals surface area contributed by atoms with E-state index in [0.29, 0.717) is 0 Å². The Labute approximate surface area is 111 Å². The van der Waals surface area contributed by atoms with E-state index in [1.807, 2.05) is 6.92 Å². The summed E-state index contributed by atoms with van der Waals surface area (Å²) in [4.78, 5) is 0. The molecule has 98 valence electrons. The number of nitrogens with one attached hydrogen (secondary N) is 1. The van der Waals surface area contributed by atoms with Gasteiger partial charge in [0.05, 0.1) is 0 Å². The van der Waals surface area contributed by atoms with Gasteiger partial charge in [-0.1, -0.05) is 29.8 Å². The molecule has 0 unspecified atom stereocenters. The third-order valence-corrected chi connectivity index (χ3v) is 2.51. The summed E-state index contributed by atoms with van der Waals surface area (Å²) >= 11 is 0. The maximum atomic E-state index is 5.29. The molecule has 0 amide bonds. The Balaban J connectivity index is 0.00000256. The fraction of sp³-hybridized carbons (Fsp3) is 0.571. The van der Waals surface area contributed by atoms with E-state index in [2.05, 4.69) is 36.5 Å². The molecule has 1 aromatic carbocycles. The summed E-state index contributed by atoms with van der Waals surface area (Å²) in [5.74, 6) is 0. The van der Waals surface area contributed by atoms with E-state index >= 15 is 0 Å². The summed E-state index contributed by atoms with van der Waals surface area (Å²) in [6, 6.07) is 8.64. The first kappa shape index (κ1) is 16.4. The maximum absolute atomic E-state index is 5.29. The molecular formula is C14H24ClNO. The van der Waals surface area contributed by atoms with Crippen LogP contribution in [0.1, 0.15) is 30.9 Å². The first-order valence-electron chi connectivity index (χ1n) is 6.17. The van der Waals surface area contributed by atoms with Crippen molar-refractivity contribution in [3.63, 3.8) is 0 Å². The van der Waals surface area contributed by atoms with Gasteiger partial charge in [-0.2, -0.15) is 0 Å². The lowest BCUT2D eigenvalue weighted by Gasteiger charge is -2.05. The standard InChI is InChI=1S/C14H23NO.ClH/c1-3-16-10-5-4-9-15-12-14-8-6-7-13(2)11-14;/h6-8,11,15H,3-5,9-10,12H2,1-2H3;1H. The zero-order valence-corrected chi connectivity index (χ0v) is 11.7. The monoisotopic (exact) mass is 257 g/mol. The van der Waals surface area contributed by atoms with Crippen molar-refractivity contribution in [3.8, 4) is 0 Å². The fourth-order valence-corrected chi connectivity index (χ4v) is 1.65. The van der Waals surface area contributed by atoms with E-state index in [4.69, 9.17) is 4.74 Å². The zero-order chi connectivity index (χ0) is 11.6. The molecular weight excluding hydrogens is 234 g/mol. The van der Waals surface area contributed by atoms with Crippen LogP contribution in [-0.2, 0) is 11.3 Å². The number of unbranched alkanes of at least 4 members (excludes halogenated alkanes) is 1. The second kappa shape index (κ2) is 10.6. The van der Waals surface area contributed by atoms with Gasteiger partial charge in [0.1, 0.15) is 0 Å². The number of halogens is 1. The van der Waals surface area contributed by atoms with Gasteiger partial charge in [0.15, 0.2) is 0 Å². The van der Waals surface area contributed by atoms with Crippen LogP contribution in [0, 0.1) is 6.92 Å². The quantitative estimate of drug-likeness (QED) is 0.722. The van der Waals surface area contributed by atoms with Gasteiger partial charge in [-0.05, 0) is 38.8 Å². The van der Waals surface area contributed by atoms with Gasteiger partial charge in [-0.15, -0.1) is 12.4 Å². The van der Waals surface area contributed by atoms with E-state index < -0.39 is 0 Å². The lowest BCUT2D eigenvalue weighted by molar-refractivity contribution is 0.143. The highest BCUT2D eigenvalue weighted by Crippen LogP contribution is 2.03. The van der Waals surface area contributed by atoms with Crippen LogP contribution in [0.4, 0.5) is 0 Å². The second-order valence-corrected chi connectivity index (χ2v) is 4.07. The Kier molecular flexibility index (Phi) is 10.2. The van der Waals surface area contributed by atoms with Crippen molar-refractivity contribution in [1.29, 1.82) is 0 Å². The number of rotatable bonds is 8. The Hall–Kier alpha value is -0.570. The highest BCUT2D eigenvalue weighted by atomic mass is 35.5. The van der Waals surface area contributed by atoms with Crippen LogP contribution in [0.3, 0.4) is 0 Å². The molecule has 0 heterocycles. The van der Waals surface area contributed by atoms with Crippen molar-refractivity contribution < 1.29 is 4.74 Å². The largest absolute Gasteiger partial charge is 0.382 e. The first-order chi connectivity index (χ1) is 7.83. The number of ether oxygens (including phenoxy) is 1. The minimum atomic E-state index is 0. The average Bonchev–Trinajstić information content (AvgIpc) is 2.28. The van der Waals surface area contributed by atoms with Gasteiger partial charge >= 0.3 is 0 Å². The van der Waals surface area contributed by atoms with Crippen LogP contribution < -0.4 is 5.32 Å². The minimum absolute atomic E-state index is 0. The molecule has 0 saturated carbocycles. The van der Waals surface area contributed by atoms with Crippen molar-refractivity contribution in [3.05, 3.63) is 35.4 Å². The molecule has 0 fully saturated rings. The normalized spacial score (nSPS) is 10.0. The molecule has 0 aromatic heterocycles. The molecule has 1 aromatic rings. The Morgan fingerprint density at radius 3 is 2.76 bits per heavy atom. The lowest BCUT2D eigenvalue weighted by atomic mass is 10.1. The van der Waals surface area contributed by atoms with Gasteiger partial charge in [0.25, 0.3) is 0 Å². The first-order valence-corrected chi connectivity index (χ1v) is 6.17. The van der Waals surface area contributed by atoms with Crippen molar-refractivity contribution in [2.45, 2.75) is 33.2 Å². The molecule has 3 heteroatoms. The number of hydrogen-bond acceptors (Lipinski definition) is 2. The third-order valence-electron chi connectivity index (χ3n) is 2.51. The van der Waals surface area contributed by atoms with Crippen molar-refractivity contribution in [2.75, 3.05) is 19.8 Å². The highest BCUT2D eigenvalue weighted by molar-refractivity contribution is 5.85. The summed E-state index contributed by atoms with van der Waals surface area (Å²) in [7, 11) is 0. The van der Waals surface area contributed by atoms with Crippen LogP contribution in [0.2, 0.25) is 0 Å². The predicted octanol–water partition coefficient (Wildman–Crippen LogP) is 3.32. The van der Waals surface area contributed by atoms with Crippen LogP contribution in [0.15, 0.2) is 24.3 Å². The van der Waals surface area contributed by atoms with Crippen LogP contribution in [0.5, 0.6) is 0 Å². The number of aryl methyl sites for hydroxylation is 1. The van der Waals surface area contributed by atoms with Crippen LogP contribution in [0.25, 0.3) is 0 Å². The van der Waals surface area contributed by atoms with E-state index in [1.54, 1.807) is 0 Å². The van der Waals surface area contributed by atoms with E-state index in [9.17, 15) is 0 Å². The highest BCUT2D eigenvalue weighted by Gasteiger charge is 1.93. The lowest BCUT2D eigenvalue weighted by Crippen LogP contribution is -2.15. The van der Waals surface area contributed by atoms with Crippen LogP contribution >= 0.6 is 12.4 Å². The predicted molar refractivity (Wildman–Crippen MR) is 75.9 cm³/mol. The third kappa shape index (κ3) is 8.19. The smallest absolute Gasteiger partial charge is 0.0466 e. The molecule has 17 heavy (non-hydrogen) atoms. The number of hydrogen-bond donors (Lipinski definition) is 1. The number of benzene rings is 1. The Morgan fingerprint density at radius 1 is 1.24 bits per heavy atom. The van der Waals surface area contributed by atoms with Gasteiger partial charge in [0, 0.05) is 19.8 Å². The summed E-state index contributed by atoms with van der Waals surface area (Å²) in [6.45, 7) is 7.93. The zero-order valence-electron chi connectivity index (χ0n) is 10.9. The summed E-state index contributed by atoms with van der Waals surface area (Å²) in [6.07, 6.45) is 2.33. The van der Waals surface area contributed by atoms with Gasteiger partial charge in [-0.25, -0.2) is 0 Å². The molecule has 0 aliphatic rings. The molecule has 0 bridgehead atoms. The molecule has 0 aliphatic carbocycles. The Bertz CT molecular complexity index is 291. The Morgan fingerprint density at radius 2 is 2.06 bits per heavy atom. The SMILES string of the molecule is CCOCCCCNCc1cccc(C)c1.Cl. The summed E-state index contributed by atoms with van der Waals surface area (Å²) in [5, 5.41) is 3.45. The second-order valence-electron chi connectivity index (χ2n) is 4.07. The molecule has 0 spiro atoms. The molecule has 0 radical (unpaired) electrons. The minimum Gasteiger partial charge on any atom is -0.382 e. The van der Waals surface area contributed by atoms with Crippen molar-refractivity contribution in [1.82, 2.24) is 5.32 Å². The van der Waals surface area contributed by atoms with Gasteiger partial charge < -0.3 is 10.1 Å².